The zero-order chi connectivity index (χ0) is 12.4. The van der Waals surface area contributed by atoms with Gasteiger partial charge >= 0.3 is 5.69 Å². The van der Waals surface area contributed by atoms with Gasteiger partial charge in [0.15, 0.2) is 5.75 Å². The van der Waals surface area contributed by atoms with Crippen molar-refractivity contribution in [3.05, 3.63) is 32.3 Å². The normalized spacial score (nSPS) is 15.4. The highest BCUT2D eigenvalue weighted by Gasteiger charge is 2.22. The smallest absolute Gasteiger partial charge is 0.311 e. The number of nitro groups is 1. The molecule has 0 heterocycles. The van der Waals surface area contributed by atoms with E-state index in [0.717, 1.165) is 10.0 Å². The molecule has 1 aliphatic carbocycles. The number of hydrogen-bond acceptors (Lipinski definition) is 3. The van der Waals surface area contributed by atoms with Crippen molar-refractivity contribution in [2.45, 2.75) is 26.2 Å². The number of rotatable bonds is 4. The first-order chi connectivity index (χ1) is 8.08. The summed E-state index contributed by atoms with van der Waals surface area (Å²) in [5.74, 6) is 0.925. The van der Waals surface area contributed by atoms with E-state index in [1.54, 1.807) is 12.1 Å². The highest BCUT2D eigenvalue weighted by molar-refractivity contribution is 9.10. The summed E-state index contributed by atoms with van der Waals surface area (Å²) in [6.07, 6.45) is 3.58. The molecule has 0 bridgehead atoms. The molecule has 1 fully saturated rings. The van der Waals surface area contributed by atoms with Crippen LogP contribution in [0, 0.1) is 23.0 Å². The minimum Gasteiger partial charge on any atom is -0.486 e. The van der Waals surface area contributed by atoms with Gasteiger partial charge in [-0.25, -0.2) is 0 Å². The zero-order valence-corrected chi connectivity index (χ0v) is 11.2. The van der Waals surface area contributed by atoms with Gasteiger partial charge in [0.25, 0.3) is 0 Å². The Kier molecular flexibility index (Phi) is 3.66. The molecular formula is C12H14BrNO3. The highest BCUT2D eigenvalue weighted by Crippen LogP contribution is 2.34. The number of benzene rings is 1. The second-order valence-electron chi connectivity index (χ2n) is 4.43. The van der Waals surface area contributed by atoms with E-state index in [0.29, 0.717) is 18.3 Å². The fourth-order valence-corrected chi connectivity index (χ4v) is 2.10. The van der Waals surface area contributed by atoms with Gasteiger partial charge in [0.2, 0.25) is 0 Å². The predicted octanol–water partition coefficient (Wildman–Crippen LogP) is 3.84. The zero-order valence-electron chi connectivity index (χ0n) is 9.61. The van der Waals surface area contributed by atoms with Crippen LogP contribution in [0.3, 0.4) is 0 Å². The molecule has 1 aromatic rings. The van der Waals surface area contributed by atoms with Gasteiger partial charge in [-0.2, -0.15) is 0 Å². The average Bonchev–Trinajstić information content (AvgIpc) is 2.20. The minimum absolute atomic E-state index is 0.0463. The van der Waals surface area contributed by atoms with Crippen molar-refractivity contribution in [1.82, 2.24) is 0 Å². The number of nitro benzene ring substituents is 1. The molecule has 0 saturated heterocycles. The summed E-state index contributed by atoms with van der Waals surface area (Å²) in [4.78, 5) is 10.5. The van der Waals surface area contributed by atoms with Gasteiger partial charge < -0.3 is 4.74 Å². The van der Waals surface area contributed by atoms with Crippen molar-refractivity contribution >= 4 is 21.6 Å². The Bertz CT molecular complexity index is 444. The van der Waals surface area contributed by atoms with E-state index in [9.17, 15) is 10.1 Å². The van der Waals surface area contributed by atoms with Crippen molar-refractivity contribution < 1.29 is 9.66 Å². The van der Waals surface area contributed by atoms with Gasteiger partial charge in [-0.1, -0.05) is 22.4 Å². The van der Waals surface area contributed by atoms with Crippen LogP contribution in [0.1, 0.15) is 24.8 Å². The van der Waals surface area contributed by atoms with E-state index in [1.807, 2.05) is 6.92 Å². The first-order valence-corrected chi connectivity index (χ1v) is 6.44. The molecule has 0 N–H and O–H groups in total. The van der Waals surface area contributed by atoms with Crippen LogP contribution in [-0.2, 0) is 0 Å². The summed E-state index contributed by atoms with van der Waals surface area (Å²) in [5.41, 5.74) is 0.887. The van der Waals surface area contributed by atoms with Crippen molar-refractivity contribution in [2.75, 3.05) is 6.61 Å². The van der Waals surface area contributed by atoms with Gasteiger partial charge in [0.1, 0.15) is 0 Å². The van der Waals surface area contributed by atoms with E-state index >= 15 is 0 Å². The van der Waals surface area contributed by atoms with E-state index in [-0.39, 0.29) is 5.69 Å². The molecule has 92 valence electrons. The van der Waals surface area contributed by atoms with Gasteiger partial charge in [-0.15, -0.1) is 0 Å². The largest absolute Gasteiger partial charge is 0.486 e. The Morgan fingerprint density at radius 3 is 2.76 bits per heavy atom. The SMILES string of the molecule is Cc1cc([N+](=O)[O-])c(OCC2CCC2)cc1Br. The van der Waals surface area contributed by atoms with Crippen LogP contribution in [0.4, 0.5) is 5.69 Å². The topological polar surface area (TPSA) is 52.4 Å². The van der Waals surface area contributed by atoms with E-state index in [1.165, 1.54) is 19.3 Å². The standard InChI is InChI=1S/C12H14BrNO3/c1-8-5-11(14(15)16)12(6-10(8)13)17-7-9-3-2-4-9/h5-6,9H,2-4,7H2,1H3. The third kappa shape index (κ3) is 2.77. The number of hydrogen-bond donors (Lipinski definition) is 0. The second-order valence-corrected chi connectivity index (χ2v) is 5.29. The Morgan fingerprint density at radius 2 is 2.24 bits per heavy atom. The average molecular weight is 300 g/mol. The van der Waals surface area contributed by atoms with Gasteiger partial charge in [0.05, 0.1) is 11.5 Å². The molecule has 0 radical (unpaired) electrons. The van der Waals surface area contributed by atoms with Crippen LogP contribution in [-0.4, -0.2) is 11.5 Å². The fourth-order valence-electron chi connectivity index (χ4n) is 1.77. The highest BCUT2D eigenvalue weighted by atomic mass is 79.9. The predicted molar refractivity (Wildman–Crippen MR) is 68.4 cm³/mol. The molecule has 0 amide bonds. The molecule has 1 aliphatic rings. The lowest BCUT2D eigenvalue weighted by Gasteiger charge is -2.25. The third-order valence-electron chi connectivity index (χ3n) is 3.14. The van der Waals surface area contributed by atoms with Crippen LogP contribution < -0.4 is 4.74 Å². The van der Waals surface area contributed by atoms with Crippen molar-refractivity contribution in [3.8, 4) is 5.75 Å². The Balaban J connectivity index is 2.17. The first kappa shape index (κ1) is 12.4. The molecule has 0 aromatic heterocycles. The molecule has 17 heavy (non-hydrogen) atoms. The second kappa shape index (κ2) is 5.04. The number of halogens is 1. The lowest BCUT2D eigenvalue weighted by molar-refractivity contribution is -0.386. The molecule has 1 saturated carbocycles. The summed E-state index contributed by atoms with van der Waals surface area (Å²) in [7, 11) is 0. The maximum Gasteiger partial charge on any atom is 0.311 e. The minimum atomic E-state index is -0.393. The van der Waals surface area contributed by atoms with Gasteiger partial charge in [-0.05, 0) is 31.2 Å². The van der Waals surface area contributed by atoms with E-state index in [4.69, 9.17) is 4.74 Å². The van der Waals surface area contributed by atoms with Crippen LogP contribution in [0.2, 0.25) is 0 Å². The lowest BCUT2D eigenvalue weighted by atomic mass is 9.86. The first-order valence-electron chi connectivity index (χ1n) is 5.65. The quantitative estimate of drug-likeness (QED) is 0.627. The summed E-state index contributed by atoms with van der Waals surface area (Å²) in [6, 6.07) is 3.23. The van der Waals surface area contributed by atoms with Crippen molar-refractivity contribution in [2.24, 2.45) is 5.92 Å². The summed E-state index contributed by atoms with van der Waals surface area (Å²) < 4.78 is 6.41. The van der Waals surface area contributed by atoms with Crippen LogP contribution >= 0.6 is 15.9 Å². The lowest BCUT2D eigenvalue weighted by Crippen LogP contribution is -2.19. The monoisotopic (exact) mass is 299 g/mol. The molecule has 2 rings (SSSR count). The van der Waals surface area contributed by atoms with Gasteiger partial charge in [-0.3, -0.25) is 10.1 Å². The summed E-state index contributed by atoms with van der Waals surface area (Å²) >= 11 is 3.36. The van der Waals surface area contributed by atoms with Gasteiger partial charge in [0, 0.05) is 16.6 Å². The van der Waals surface area contributed by atoms with E-state index < -0.39 is 4.92 Å². The number of nitrogens with zero attached hydrogens (tertiary/aromatic N) is 1. The van der Waals surface area contributed by atoms with Crippen molar-refractivity contribution in [3.63, 3.8) is 0 Å². The molecule has 0 unspecified atom stereocenters. The summed E-state index contributed by atoms with van der Waals surface area (Å²) in [5, 5.41) is 10.9. The molecule has 4 nitrogen and oxygen atoms in total. The van der Waals surface area contributed by atoms with Crippen LogP contribution in [0.25, 0.3) is 0 Å². The fraction of sp³-hybridized carbons (Fsp3) is 0.500. The van der Waals surface area contributed by atoms with Crippen molar-refractivity contribution in [1.29, 1.82) is 0 Å². The van der Waals surface area contributed by atoms with E-state index in [2.05, 4.69) is 15.9 Å². The van der Waals surface area contributed by atoms with Crippen LogP contribution in [0.15, 0.2) is 16.6 Å². The Labute approximate surface area is 108 Å². The number of aryl methyl sites for hydroxylation is 1. The molecule has 0 aliphatic heterocycles. The molecule has 0 spiro atoms. The maximum absolute atomic E-state index is 10.9. The third-order valence-corrected chi connectivity index (χ3v) is 3.99. The molecule has 0 atom stereocenters. The molecule has 5 heteroatoms. The Hall–Kier alpha value is -1.10. The number of ether oxygens (including phenoxy) is 1. The molecule has 1 aromatic carbocycles. The molecular weight excluding hydrogens is 286 g/mol. The summed E-state index contributed by atoms with van der Waals surface area (Å²) in [6.45, 7) is 2.41. The maximum atomic E-state index is 10.9. The Morgan fingerprint density at radius 1 is 1.53 bits per heavy atom. The van der Waals surface area contributed by atoms with Crippen LogP contribution in [0.5, 0.6) is 5.75 Å².